The first-order chi connectivity index (χ1) is 15.7. The molecule has 1 aliphatic rings. The van der Waals surface area contributed by atoms with Crippen molar-refractivity contribution in [2.45, 2.75) is 25.8 Å². The van der Waals surface area contributed by atoms with E-state index in [1.54, 1.807) is 22.2 Å². The molecule has 1 aliphatic heterocycles. The van der Waals surface area contributed by atoms with Crippen LogP contribution in [-0.2, 0) is 22.6 Å². The maximum Gasteiger partial charge on any atom is 0.239 e. The van der Waals surface area contributed by atoms with Crippen LogP contribution in [0.15, 0.2) is 60.1 Å². The average molecular weight is 452 g/mol. The topological polar surface area (TPSA) is 79.3 Å². The van der Waals surface area contributed by atoms with Gasteiger partial charge in [-0.15, -0.1) is 11.3 Å². The van der Waals surface area contributed by atoms with Crippen molar-refractivity contribution in [2.75, 3.05) is 31.5 Å². The van der Waals surface area contributed by atoms with Crippen LogP contribution in [0.2, 0.25) is 0 Å². The molecule has 0 saturated carbocycles. The molecular formula is C24H29N5O2S. The normalized spacial score (nSPS) is 14.9. The smallest absolute Gasteiger partial charge is 0.239 e. The SMILES string of the molecule is O=C(CN1CCC(C(=O)NCCc2cccs2)CC1)Nc1ccnn1Cc1ccccc1. The van der Waals surface area contributed by atoms with Crippen LogP contribution in [0.1, 0.15) is 23.3 Å². The predicted octanol–water partition coefficient (Wildman–Crippen LogP) is 3.00. The highest BCUT2D eigenvalue weighted by atomic mass is 32.1. The van der Waals surface area contributed by atoms with Gasteiger partial charge in [0.05, 0.1) is 19.3 Å². The van der Waals surface area contributed by atoms with Crippen LogP contribution < -0.4 is 10.6 Å². The van der Waals surface area contributed by atoms with Crippen LogP contribution in [0.3, 0.4) is 0 Å². The maximum atomic E-state index is 12.6. The number of amides is 2. The highest BCUT2D eigenvalue weighted by Gasteiger charge is 2.25. The van der Waals surface area contributed by atoms with Gasteiger partial charge in [-0.25, -0.2) is 4.68 Å². The number of anilines is 1. The number of carbonyl (C=O) groups excluding carboxylic acids is 2. The molecule has 1 fully saturated rings. The van der Waals surface area contributed by atoms with Crippen molar-refractivity contribution in [3.63, 3.8) is 0 Å². The summed E-state index contributed by atoms with van der Waals surface area (Å²) >= 11 is 1.72. The number of nitrogens with zero attached hydrogens (tertiary/aromatic N) is 3. The maximum absolute atomic E-state index is 12.6. The molecule has 8 heteroatoms. The fourth-order valence-electron chi connectivity index (χ4n) is 3.97. The number of carbonyl (C=O) groups is 2. The average Bonchev–Trinajstić information content (AvgIpc) is 3.47. The molecule has 168 valence electrons. The van der Waals surface area contributed by atoms with Gasteiger partial charge in [-0.05, 0) is 49.4 Å². The molecular weight excluding hydrogens is 422 g/mol. The number of nitrogens with one attached hydrogen (secondary N) is 2. The third-order valence-corrected chi connectivity index (χ3v) is 6.67. The second kappa shape index (κ2) is 11.1. The molecule has 1 aromatic carbocycles. The van der Waals surface area contributed by atoms with E-state index in [0.717, 1.165) is 37.9 Å². The summed E-state index contributed by atoms with van der Waals surface area (Å²) in [5.74, 6) is 0.804. The van der Waals surface area contributed by atoms with Gasteiger partial charge in [-0.1, -0.05) is 36.4 Å². The molecule has 1 saturated heterocycles. The van der Waals surface area contributed by atoms with E-state index in [4.69, 9.17) is 0 Å². The molecule has 2 aromatic heterocycles. The van der Waals surface area contributed by atoms with Crippen molar-refractivity contribution in [1.29, 1.82) is 0 Å². The molecule has 7 nitrogen and oxygen atoms in total. The Morgan fingerprint density at radius 3 is 2.62 bits per heavy atom. The summed E-state index contributed by atoms with van der Waals surface area (Å²) in [5, 5.41) is 12.4. The molecule has 2 N–H and O–H groups in total. The third kappa shape index (κ3) is 6.27. The number of benzene rings is 1. The van der Waals surface area contributed by atoms with Gasteiger partial charge in [-0.3, -0.25) is 14.5 Å². The zero-order chi connectivity index (χ0) is 22.2. The molecule has 0 unspecified atom stereocenters. The Balaban J connectivity index is 1.18. The standard InChI is InChI=1S/C24H29N5O2S/c30-23(27-22-9-13-26-29(22)17-19-5-2-1-3-6-19)18-28-14-10-20(11-15-28)24(31)25-12-8-21-7-4-16-32-21/h1-7,9,13,16,20H,8,10-12,14-15,17-18H2,(H,25,31)(H,27,30). The summed E-state index contributed by atoms with van der Waals surface area (Å²) in [6.45, 7) is 3.11. The fourth-order valence-corrected chi connectivity index (χ4v) is 4.68. The van der Waals surface area contributed by atoms with Crippen molar-refractivity contribution >= 4 is 29.0 Å². The van der Waals surface area contributed by atoms with E-state index < -0.39 is 0 Å². The third-order valence-electron chi connectivity index (χ3n) is 5.74. The van der Waals surface area contributed by atoms with Gasteiger partial charge in [0.25, 0.3) is 0 Å². The number of piperidine rings is 1. The van der Waals surface area contributed by atoms with E-state index >= 15 is 0 Å². The Morgan fingerprint density at radius 1 is 1.06 bits per heavy atom. The Kier molecular flexibility index (Phi) is 7.68. The first-order valence-corrected chi connectivity index (χ1v) is 11.9. The molecule has 0 atom stereocenters. The molecule has 0 spiro atoms. The number of thiophene rings is 1. The summed E-state index contributed by atoms with van der Waals surface area (Å²) in [4.78, 5) is 28.4. The number of hydrogen-bond acceptors (Lipinski definition) is 5. The zero-order valence-corrected chi connectivity index (χ0v) is 18.9. The quantitative estimate of drug-likeness (QED) is 0.524. The molecule has 2 amide bonds. The van der Waals surface area contributed by atoms with E-state index in [1.807, 2.05) is 42.5 Å². The molecule has 32 heavy (non-hydrogen) atoms. The second-order valence-corrected chi connectivity index (χ2v) is 9.11. The predicted molar refractivity (Wildman–Crippen MR) is 127 cm³/mol. The van der Waals surface area contributed by atoms with E-state index in [-0.39, 0.29) is 17.7 Å². The Hall–Kier alpha value is -2.97. The molecule has 0 bridgehead atoms. The van der Waals surface area contributed by atoms with Crippen LogP contribution in [0.5, 0.6) is 0 Å². The largest absolute Gasteiger partial charge is 0.355 e. The summed E-state index contributed by atoms with van der Waals surface area (Å²) in [7, 11) is 0. The molecule has 3 aromatic rings. The highest BCUT2D eigenvalue weighted by molar-refractivity contribution is 7.09. The van der Waals surface area contributed by atoms with Crippen LogP contribution in [0.25, 0.3) is 0 Å². The Labute approximate surface area is 192 Å². The van der Waals surface area contributed by atoms with E-state index in [9.17, 15) is 9.59 Å². The number of rotatable bonds is 9. The van der Waals surface area contributed by atoms with Crippen molar-refractivity contribution in [3.8, 4) is 0 Å². The lowest BCUT2D eigenvalue weighted by atomic mass is 9.96. The lowest BCUT2D eigenvalue weighted by Gasteiger charge is -2.30. The summed E-state index contributed by atoms with van der Waals surface area (Å²) in [5.41, 5.74) is 1.13. The van der Waals surface area contributed by atoms with Crippen molar-refractivity contribution in [2.24, 2.45) is 5.92 Å². The van der Waals surface area contributed by atoms with Crippen LogP contribution in [-0.4, -0.2) is 52.7 Å². The van der Waals surface area contributed by atoms with Crippen molar-refractivity contribution in [1.82, 2.24) is 20.0 Å². The van der Waals surface area contributed by atoms with Gasteiger partial charge in [0.1, 0.15) is 5.82 Å². The summed E-state index contributed by atoms with van der Waals surface area (Å²) in [6, 6.07) is 16.0. The fraction of sp³-hybridized carbons (Fsp3) is 0.375. The zero-order valence-electron chi connectivity index (χ0n) is 18.1. The van der Waals surface area contributed by atoms with Gasteiger partial charge in [0.15, 0.2) is 0 Å². The Morgan fingerprint density at radius 2 is 1.88 bits per heavy atom. The van der Waals surface area contributed by atoms with Crippen molar-refractivity contribution in [3.05, 3.63) is 70.5 Å². The number of likely N-dealkylation sites (tertiary alicyclic amines) is 1. The van der Waals surface area contributed by atoms with Crippen molar-refractivity contribution < 1.29 is 9.59 Å². The lowest BCUT2D eigenvalue weighted by Crippen LogP contribution is -2.43. The van der Waals surface area contributed by atoms with Crippen LogP contribution in [0, 0.1) is 5.92 Å². The monoisotopic (exact) mass is 451 g/mol. The second-order valence-electron chi connectivity index (χ2n) is 8.08. The first kappa shape index (κ1) is 22.2. The summed E-state index contributed by atoms with van der Waals surface area (Å²) < 4.78 is 1.79. The van der Waals surface area contributed by atoms with Gasteiger partial charge >= 0.3 is 0 Å². The number of aromatic nitrogens is 2. The van der Waals surface area contributed by atoms with Gasteiger partial charge in [-0.2, -0.15) is 5.10 Å². The lowest BCUT2D eigenvalue weighted by molar-refractivity contribution is -0.126. The number of hydrogen-bond donors (Lipinski definition) is 2. The van der Waals surface area contributed by atoms with Crippen LogP contribution in [0.4, 0.5) is 5.82 Å². The van der Waals surface area contributed by atoms with E-state index in [2.05, 4.69) is 32.1 Å². The minimum atomic E-state index is -0.0568. The van der Waals surface area contributed by atoms with Gasteiger partial charge in [0, 0.05) is 23.4 Å². The van der Waals surface area contributed by atoms with Crippen LogP contribution >= 0.6 is 11.3 Å². The Bertz CT molecular complexity index is 995. The van der Waals surface area contributed by atoms with Gasteiger partial charge < -0.3 is 10.6 Å². The van der Waals surface area contributed by atoms with E-state index in [1.165, 1.54) is 4.88 Å². The minimum absolute atomic E-state index is 0.0324. The first-order valence-electron chi connectivity index (χ1n) is 11.1. The highest BCUT2D eigenvalue weighted by Crippen LogP contribution is 2.18. The van der Waals surface area contributed by atoms with E-state index in [0.29, 0.717) is 25.5 Å². The molecule has 4 rings (SSSR count). The molecule has 3 heterocycles. The van der Waals surface area contributed by atoms with Gasteiger partial charge in [0.2, 0.25) is 11.8 Å². The molecule has 0 aliphatic carbocycles. The molecule has 0 radical (unpaired) electrons. The summed E-state index contributed by atoms with van der Waals surface area (Å²) in [6.07, 6.45) is 4.14. The minimum Gasteiger partial charge on any atom is -0.355 e.